The molecule has 0 bridgehead atoms. The Labute approximate surface area is 101 Å². The van der Waals surface area contributed by atoms with Crippen molar-refractivity contribution >= 4 is 17.9 Å². The molecule has 4 nitrogen and oxygen atoms in total. The smallest absolute Gasteiger partial charge is 0.331 e. The molecule has 0 aliphatic rings. The van der Waals surface area contributed by atoms with E-state index in [0.717, 1.165) is 0 Å². The van der Waals surface area contributed by atoms with E-state index >= 15 is 0 Å². The molecule has 1 aromatic rings. The average Bonchev–Trinajstić information content (AvgIpc) is 2.24. The maximum Gasteiger partial charge on any atom is 0.331 e. The van der Waals surface area contributed by atoms with Crippen molar-refractivity contribution in [2.45, 2.75) is 26.4 Å². The monoisotopic (exact) mass is 230 g/mol. The quantitative estimate of drug-likeness (QED) is 0.445. The summed E-state index contributed by atoms with van der Waals surface area (Å²) in [5.74, 6) is -0.121. The van der Waals surface area contributed by atoms with Gasteiger partial charge in [0, 0.05) is 6.08 Å². The fraction of sp³-hybridized carbons (Fsp3) is 0.308. The summed E-state index contributed by atoms with van der Waals surface area (Å²) in [7, 11) is 0. The van der Waals surface area contributed by atoms with Crippen molar-refractivity contribution < 1.29 is 9.53 Å². The SMILES string of the molecule is [C-]#[N+]c1cccc(/C=C/C(=O)OC(C)(C)C)n1. The van der Waals surface area contributed by atoms with E-state index in [1.54, 1.807) is 39.0 Å². The highest BCUT2D eigenvalue weighted by molar-refractivity contribution is 5.87. The summed E-state index contributed by atoms with van der Waals surface area (Å²) >= 11 is 0. The highest BCUT2D eigenvalue weighted by Gasteiger charge is 2.13. The van der Waals surface area contributed by atoms with Gasteiger partial charge < -0.3 is 9.58 Å². The van der Waals surface area contributed by atoms with Crippen LogP contribution in [0.3, 0.4) is 0 Å². The predicted molar refractivity (Wildman–Crippen MR) is 65.4 cm³/mol. The maximum atomic E-state index is 11.4. The van der Waals surface area contributed by atoms with Crippen LogP contribution in [0.4, 0.5) is 5.82 Å². The Morgan fingerprint density at radius 2 is 2.18 bits per heavy atom. The van der Waals surface area contributed by atoms with Gasteiger partial charge in [-0.25, -0.2) is 4.79 Å². The largest absolute Gasteiger partial charge is 0.457 e. The van der Waals surface area contributed by atoms with Crippen molar-refractivity contribution in [2.75, 3.05) is 0 Å². The molecule has 0 fully saturated rings. The summed E-state index contributed by atoms with van der Waals surface area (Å²) in [5, 5.41) is 0. The predicted octanol–water partition coefficient (Wildman–Crippen LogP) is 2.99. The first kappa shape index (κ1) is 12.9. The van der Waals surface area contributed by atoms with Gasteiger partial charge in [0.2, 0.25) is 0 Å². The van der Waals surface area contributed by atoms with Crippen LogP contribution in [-0.4, -0.2) is 16.6 Å². The van der Waals surface area contributed by atoms with Gasteiger partial charge in [-0.3, -0.25) is 0 Å². The standard InChI is InChI=1S/C13H14N2O2/c1-13(2,3)17-12(16)9-8-10-6-5-7-11(14-4)15-10/h5-9H,1-3H3/b9-8+. The van der Waals surface area contributed by atoms with E-state index in [0.29, 0.717) is 11.5 Å². The van der Waals surface area contributed by atoms with E-state index in [1.807, 2.05) is 0 Å². The van der Waals surface area contributed by atoms with Crippen molar-refractivity contribution in [3.63, 3.8) is 0 Å². The Bertz CT molecular complexity index is 479. The number of ether oxygens (including phenoxy) is 1. The third-order valence-corrected chi connectivity index (χ3v) is 1.67. The zero-order valence-electron chi connectivity index (χ0n) is 10.1. The second kappa shape index (κ2) is 5.26. The zero-order chi connectivity index (χ0) is 12.9. The molecule has 0 aliphatic carbocycles. The average molecular weight is 230 g/mol. The fourth-order valence-electron chi connectivity index (χ4n) is 1.08. The maximum absolute atomic E-state index is 11.4. The minimum Gasteiger partial charge on any atom is -0.457 e. The molecule has 4 heteroatoms. The normalized spacial score (nSPS) is 11.2. The minimum atomic E-state index is -0.507. The van der Waals surface area contributed by atoms with Crippen molar-refractivity contribution in [1.82, 2.24) is 4.98 Å². The molecular weight excluding hydrogens is 216 g/mol. The van der Waals surface area contributed by atoms with Gasteiger partial charge in [-0.1, -0.05) is 12.6 Å². The summed E-state index contributed by atoms with van der Waals surface area (Å²) in [5.41, 5.74) is 0.0529. The molecule has 17 heavy (non-hydrogen) atoms. The summed E-state index contributed by atoms with van der Waals surface area (Å²) in [6.07, 6.45) is 2.84. The van der Waals surface area contributed by atoms with E-state index in [1.165, 1.54) is 12.2 Å². The van der Waals surface area contributed by atoms with Crippen LogP contribution in [0.15, 0.2) is 24.3 Å². The first-order valence-corrected chi connectivity index (χ1v) is 5.16. The van der Waals surface area contributed by atoms with E-state index in [-0.39, 0.29) is 0 Å². The number of hydrogen-bond acceptors (Lipinski definition) is 3. The lowest BCUT2D eigenvalue weighted by Crippen LogP contribution is -2.22. The molecule has 0 saturated carbocycles. The Kier molecular flexibility index (Phi) is 4.00. The molecule has 0 atom stereocenters. The van der Waals surface area contributed by atoms with Crippen molar-refractivity contribution in [3.8, 4) is 0 Å². The number of esters is 1. The number of nitrogens with zero attached hydrogens (tertiary/aromatic N) is 2. The van der Waals surface area contributed by atoms with Crippen LogP contribution in [0, 0.1) is 6.57 Å². The Morgan fingerprint density at radius 1 is 1.47 bits per heavy atom. The Balaban J connectivity index is 2.71. The fourth-order valence-corrected chi connectivity index (χ4v) is 1.08. The molecule has 1 aromatic heterocycles. The molecule has 1 rings (SSSR count). The Hall–Kier alpha value is -2.15. The first-order valence-electron chi connectivity index (χ1n) is 5.16. The summed E-state index contributed by atoms with van der Waals surface area (Å²) in [6.45, 7) is 12.2. The lowest BCUT2D eigenvalue weighted by Gasteiger charge is -2.17. The molecule has 0 N–H and O–H groups in total. The van der Waals surface area contributed by atoms with Crippen LogP contribution in [0.2, 0.25) is 0 Å². The zero-order valence-corrected chi connectivity index (χ0v) is 10.1. The molecule has 0 aromatic carbocycles. The van der Waals surface area contributed by atoms with Crippen LogP contribution in [-0.2, 0) is 9.53 Å². The molecular formula is C13H14N2O2. The number of aromatic nitrogens is 1. The second-order valence-corrected chi connectivity index (χ2v) is 4.40. The number of hydrogen-bond donors (Lipinski definition) is 0. The van der Waals surface area contributed by atoms with Gasteiger partial charge in [-0.2, -0.15) is 0 Å². The number of rotatable bonds is 2. The highest BCUT2D eigenvalue weighted by atomic mass is 16.6. The van der Waals surface area contributed by atoms with Crippen molar-refractivity contribution in [2.24, 2.45) is 0 Å². The van der Waals surface area contributed by atoms with E-state index in [9.17, 15) is 4.79 Å². The van der Waals surface area contributed by atoms with Gasteiger partial charge in [-0.05, 0) is 39.0 Å². The van der Waals surface area contributed by atoms with Gasteiger partial charge in [0.25, 0.3) is 5.82 Å². The molecule has 0 spiro atoms. The third kappa shape index (κ3) is 4.94. The van der Waals surface area contributed by atoms with Crippen LogP contribution in [0.1, 0.15) is 26.5 Å². The molecule has 0 amide bonds. The van der Waals surface area contributed by atoms with Gasteiger partial charge in [-0.15, -0.1) is 4.98 Å². The summed E-state index contributed by atoms with van der Waals surface area (Å²) in [4.78, 5) is 18.6. The first-order chi connectivity index (χ1) is 7.90. The van der Waals surface area contributed by atoms with Gasteiger partial charge in [0.1, 0.15) is 5.60 Å². The van der Waals surface area contributed by atoms with E-state index in [4.69, 9.17) is 11.3 Å². The van der Waals surface area contributed by atoms with Crippen LogP contribution in [0.25, 0.3) is 10.9 Å². The molecule has 1 heterocycles. The molecule has 0 aliphatic heterocycles. The van der Waals surface area contributed by atoms with Gasteiger partial charge in [0.05, 0.1) is 0 Å². The van der Waals surface area contributed by atoms with Crippen LogP contribution >= 0.6 is 0 Å². The van der Waals surface area contributed by atoms with Crippen LogP contribution in [0.5, 0.6) is 0 Å². The van der Waals surface area contributed by atoms with Crippen LogP contribution < -0.4 is 0 Å². The molecule has 0 unspecified atom stereocenters. The van der Waals surface area contributed by atoms with E-state index in [2.05, 4.69) is 9.83 Å². The summed E-state index contributed by atoms with van der Waals surface area (Å²) in [6, 6.07) is 5.04. The summed E-state index contributed by atoms with van der Waals surface area (Å²) < 4.78 is 5.10. The van der Waals surface area contributed by atoms with Crippen molar-refractivity contribution in [3.05, 3.63) is 41.4 Å². The molecule has 0 saturated heterocycles. The van der Waals surface area contributed by atoms with Gasteiger partial charge >= 0.3 is 5.97 Å². The third-order valence-electron chi connectivity index (χ3n) is 1.67. The Morgan fingerprint density at radius 3 is 2.76 bits per heavy atom. The topological polar surface area (TPSA) is 43.5 Å². The number of pyridine rings is 1. The lowest BCUT2D eigenvalue weighted by molar-refractivity contribution is -0.148. The highest BCUT2D eigenvalue weighted by Crippen LogP contribution is 2.10. The van der Waals surface area contributed by atoms with Crippen molar-refractivity contribution in [1.29, 1.82) is 0 Å². The minimum absolute atomic E-state index is 0.302. The number of carbonyl (C=O) groups excluding carboxylic acids is 1. The van der Waals surface area contributed by atoms with E-state index < -0.39 is 11.6 Å². The lowest BCUT2D eigenvalue weighted by atomic mass is 10.2. The number of carbonyl (C=O) groups is 1. The second-order valence-electron chi connectivity index (χ2n) is 4.40. The van der Waals surface area contributed by atoms with Gasteiger partial charge in [0.15, 0.2) is 5.69 Å². The molecule has 0 radical (unpaired) electrons. The molecule has 88 valence electrons.